The predicted molar refractivity (Wildman–Crippen MR) is 58.7 cm³/mol. The van der Waals surface area contributed by atoms with E-state index in [4.69, 9.17) is 5.84 Å². The van der Waals surface area contributed by atoms with E-state index in [0.29, 0.717) is 5.92 Å². The molecule has 2 rings (SSSR count). The van der Waals surface area contributed by atoms with Crippen molar-refractivity contribution in [3.63, 3.8) is 0 Å². The number of hydrazine groups is 1. The molecule has 1 aromatic rings. The number of benzene rings is 1. The van der Waals surface area contributed by atoms with Gasteiger partial charge in [-0.2, -0.15) is 0 Å². The van der Waals surface area contributed by atoms with Crippen LogP contribution < -0.4 is 11.3 Å². The highest BCUT2D eigenvalue weighted by Gasteiger charge is 2.33. The minimum absolute atomic E-state index is 0.0226. The van der Waals surface area contributed by atoms with Gasteiger partial charge in [0.2, 0.25) is 0 Å². The highest BCUT2D eigenvalue weighted by Crippen LogP contribution is 2.42. The summed E-state index contributed by atoms with van der Waals surface area (Å²) < 4.78 is 13.8. The Morgan fingerprint density at radius 2 is 2.07 bits per heavy atom. The Balaban J connectivity index is 2.40. The molecule has 0 radical (unpaired) electrons. The molecule has 3 heteroatoms. The second kappa shape index (κ2) is 3.91. The fourth-order valence-electron chi connectivity index (χ4n) is 2.21. The van der Waals surface area contributed by atoms with Crippen molar-refractivity contribution in [1.82, 2.24) is 5.43 Å². The van der Waals surface area contributed by atoms with Crippen LogP contribution in [0.5, 0.6) is 0 Å². The molecule has 1 aliphatic carbocycles. The second-order valence-electron chi connectivity index (χ2n) is 4.46. The Labute approximate surface area is 89.6 Å². The average molecular weight is 208 g/mol. The van der Waals surface area contributed by atoms with E-state index >= 15 is 0 Å². The van der Waals surface area contributed by atoms with Gasteiger partial charge >= 0.3 is 0 Å². The van der Waals surface area contributed by atoms with Gasteiger partial charge in [-0.05, 0) is 49.8 Å². The number of halogens is 1. The summed E-state index contributed by atoms with van der Waals surface area (Å²) in [5, 5.41) is 0. The largest absolute Gasteiger partial charge is 0.271 e. The van der Waals surface area contributed by atoms with Gasteiger partial charge in [0.1, 0.15) is 5.82 Å². The topological polar surface area (TPSA) is 38.0 Å². The van der Waals surface area contributed by atoms with Crippen molar-refractivity contribution in [2.45, 2.75) is 32.7 Å². The molecule has 0 saturated heterocycles. The molecule has 1 aliphatic rings. The van der Waals surface area contributed by atoms with E-state index in [-0.39, 0.29) is 11.9 Å². The third-order valence-electron chi connectivity index (χ3n) is 3.06. The smallest absolute Gasteiger partial charge is 0.128 e. The molecule has 0 aromatic heterocycles. The lowest BCUT2D eigenvalue weighted by molar-refractivity contribution is 0.466. The molecule has 0 heterocycles. The molecule has 1 unspecified atom stereocenters. The van der Waals surface area contributed by atoms with E-state index in [0.717, 1.165) is 29.5 Å². The van der Waals surface area contributed by atoms with E-state index in [9.17, 15) is 4.39 Å². The Hall–Kier alpha value is -0.930. The lowest BCUT2D eigenvalue weighted by Gasteiger charge is -2.19. The third kappa shape index (κ3) is 2.03. The van der Waals surface area contributed by atoms with Gasteiger partial charge in [-0.1, -0.05) is 6.07 Å². The normalized spacial score (nSPS) is 17.9. The van der Waals surface area contributed by atoms with Crippen LogP contribution in [0.2, 0.25) is 0 Å². The van der Waals surface area contributed by atoms with Crippen LogP contribution in [0.15, 0.2) is 12.1 Å². The van der Waals surface area contributed by atoms with Crippen molar-refractivity contribution in [1.29, 1.82) is 0 Å². The van der Waals surface area contributed by atoms with Crippen LogP contribution in [0, 0.1) is 25.6 Å². The number of hydrogen-bond acceptors (Lipinski definition) is 2. The summed E-state index contributed by atoms with van der Waals surface area (Å²) in [5.74, 6) is 5.87. The fourth-order valence-corrected chi connectivity index (χ4v) is 2.21. The Morgan fingerprint density at radius 1 is 1.40 bits per heavy atom. The van der Waals surface area contributed by atoms with Crippen molar-refractivity contribution >= 4 is 0 Å². The van der Waals surface area contributed by atoms with E-state index in [2.05, 4.69) is 5.43 Å². The molecule has 1 saturated carbocycles. The van der Waals surface area contributed by atoms with Crippen LogP contribution in [-0.2, 0) is 0 Å². The molecular formula is C12H17FN2. The zero-order chi connectivity index (χ0) is 11.0. The van der Waals surface area contributed by atoms with Crippen LogP contribution in [0.25, 0.3) is 0 Å². The molecule has 0 spiro atoms. The summed E-state index contributed by atoms with van der Waals surface area (Å²) >= 11 is 0. The zero-order valence-electron chi connectivity index (χ0n) is 9.18. The molecule has 1 fully saturated rings. The van der Waals surface area contributed by atoms with Crippen molar-refractivity contribution < 1.29 is 4.39 Å². The summed E-state index contributed by atoms with van der Waals surface area (Å²) in [6.45, 7) is 3.85. The number of rotatable bonds is 3. The maximum atomic E-state index is 13.8. The van der Waals surface area contributed by atoms with Crippen LogP contribution >= 0.6 is 0 Å². The first kappa shape index (κ1) is 10.6. The fraction of sp³-hybridized carbons (Fsp3) is 0.500. The molecule has 3 N–H and O–H groups in total. The Kier molecular flexibility index (Phi) is 2.76. The van der Waals surface area contributed by atoms with Gasteiger partial charge in [-0.25, -0.2) is 4.39 Å². The number of nitrogens with one attached hydrogen (secondary N) is 1. The van der Waals surface area contributed by atoms with Crippen LogP contribution in [0.4, 0.5) is 4.39 Å². The Bertz CT molecular complexity index is 349. The maximum Gasteiger partial charge on any atom is 0.128 e. The van der Waals surface area contributed by atoms with Crippen molar-refractivity contribution in [2.24, 2.45) is 11.8 Å². The average Bonchev–Trinajstić information content (AvgIpc) is 2.94. The highest BCUT2D eigenvalue weighted by molar-refractivity contribution is 5.35. The summed E-state index contributed by atoms with van der Waals surface area (Å²) in [6.07, 6.45) is 2.28. The summed E-state index contributed by atoms with van der Waals surface area (Å²) in [7, 11) is 0. The van der Waals surface area contributed by atoms with Crippen LogP contribution in [0.1, 0.15) is 35.6 Å². The van der Waals surface area contributed by atoms with Gasteiger partial charge in [0.25, 0.3) is 0 Å². The minimum atomic E-state index is -0.137. The summed E-state index contributed by atoms with van der Waals surface area (Å²) in [4.78, 5) is 0. The molecule has 0 amide bonds. The minimum Gasteiger partial charge on any atom is -0.271 e. The van der Waals surface area contributed by atoms with E-state index in [1.165, 1.54) is 0 Å². The quantitative estimate of drug-likeness (QED) is 0.591. The highest BCUT2D eigenvalue weighted by atomic mass is 19.1. The van der Waals surface area contributed by atoms with Gasteiger partial charge in [0.05, 0.1) is 6.04 Å². The van der Waals surface area contributed by atoms with Gasteiger partial charge < -0.3 is 0 Å². The molecule has 1 atom stereocenters. The molecule has 0 bridgehead atoms. The molecule has 82 valence electrons. The van der Waals surface area contributed by atoms with Gasteiger partial charge in [0, 0.05) is 5.56 Å². The van der Waals surface area contributed by atoms with E-state index in [1.807, 2.05) is 19.9 Å². The van der Waals surface area contributed by atoms with Crippen molar-refractivity contribution in [3.05, 3.63) is 34.6 Å². The summed E-state index contributed by atoms with van der Waals surface area (Å²) in [6, 6.07) is 3.56. The van der Waals surface area contributed by atoms with Crippen LogP contribution in [-0.4, -0.2) is 0 Å². The first-order chi connectivity index (χ1) is 7.13. The maximum absolute atomic E-state index is 13.8. The Morgan fingerprint density at radius 3 is 2.53 bits per heavy atom. The summed E-state index contributed by atoms with van der Waals surface area (Å²) in [5.41, 5.74) is 5.43. The molecular weight excluding hydrogens is 191 g/mol. The second-order valence-corrected chi connectivity index (χ2v) is 4.46. The predicted octanol–water partition coefficient (Wildman–Crippen LogP) is 2.36. The lowest BCUT2D eigenvalue weighted by atomic mass is 9.96. The monoisotopic (exact) mass is 208 g/mol. The van der Waals surface area contributed by atoms with Gasteiger partial charge in [-0.15, -0.1) is 0 Å². The third-order valence-corrected chi connectivity index (χ3v) is 3.06. The van der Waals surface area contributed by atoms with Gasteiger partial charge in [0.15, 0.2) is 0 Å². The lowest BCUT2D eigenvalue weighted by Crippen LogP contribution is -2.30. The first-order valence-electron chi connectivity index (χ1n) is 5.36. The standard InChI is InChI=1S/C12H17FN2/c1-7-5-8(2)11(10(13)6-7)12(15-14)9-3-4-9/h5-6,9,12,15H,3-4,14H2,1-2H3. The first-order valence-corrected chi connectivity index (χ1v) is 5.36. The van der Waals surface area contributed by atoms with E-state index in [1.54, 1.807) is 6.07 Å². The van der Waals surface area contributed by atoms with Crippen molar-refractivity contribution in [2.75, 3.05) is 0 Å². The molecule has 15 heavy (non-hydrogen) atoms. The SMILES string of the molecule is Cc1cc(C)c(C(NN)C2CC2)c(F)c1. The molecule has 2 nitrogen and oxygen atoms in total. The van der Waals surface area contributed by atoms with Crippen molar-refractivity contribution in [3.8, 4) is 0 Å². The van der Waals surface area contributed by atoms with E-state index < -0.39 is 0 Å². The van der Waals surface area contributed by atoms with Gasteiger partial charge in [-0.3, -0.25) is 11.3 Å². The molecule has 1 aromatic carbocycles. The number of aryl methyl sites for hydroxylation is 2. The number of nitrogens with two attached hydrogens (primary N) is 1. The number of hydrogen-bond donors (Lipinski definition) is 2. The van der Waals surface area contributed by atoms with Crippen LogP contribution in [0.3, 0.4) is 0 Å². The molecule has 0 aliphatic heterocycles. The zero-order valence-corrected chi connectivity index (χ0v) is 9.18.